The van der Waals surface area contributed by atoms with Crippen LogP contribution < -0.4 is 15.1 Å². The fourth-order valence-corrected chi connectivity index (χ4v) is 3.18. The van der Waals surface area contributed by atoms with Gasteiger partial charge in [0.05, 0.1) is 16.9 Å². The Hall–Kier alpha value is -2.83. The molecule has 1 aliphatic rings. The Morgan fingerprint density at radius 3 is 2.54 bits per heavy atom. The molecule has 0 unspecified atom stereocenters. The zero-order chi connectivity index (χ0) is 20.3. The number of nitrogens with zero attached hydrogens (tertiary/aromatic N) is 3. The molecule has 2 aromatic rings. The fraction of sp³-hybridized carbons (Fsp3) is 0.238. The number of halogens is 1. The summed E-state index contributed by atoms with van der Waals surface area (Å²) in [5.41, 5.74) is 2.40. The molecule has 2 N–H and O–H groups in total. The van der Waals surface area contributed by atoms with Gasteiger partial charge in [0.25, 0.3) is 5.91 Å². The van der Waals surface area contributed by atoms with Gasteiger partial charge in [-0.2, -0.15) is 0 Å². The van der Waals surface area contributed by atoms with Crippen molar-refractivity contribution in [3.8, 4) is 0 Å². The number of hydrogen-bond acceptors (Lipinski definition) is 4. The van der Waals surface area contributed by atoms with Gasteiger partial charge in [0.2, 0.25) is 0 Å². The normalized spacial score (nSPS) is 15.8. The van der Waals surface area contributed by atoms with Crippen LogP contribution in [0, 0.1) is 5.41 Å². The number of para-hydroxylation sites is 1. The second-order valence-corrected chi connectivity index (χ2v) is 7.27. The molecular weight excluding hydrogens is 374 g/mol. The number of anilines is 3. The molecule has 146 valence electrons. The van der Waals surface area contributed by atoms with Gasteiger partial charge in [-0.1, -0.05) is 29.8 Å². The first-order valence-corrected chi connectivity index (χ1v) is 9.38. The molecule has 0 fully saturated rings. The minimum Gasteiger partial charge on any atom is -0.389 e. The number of fused-ring (bicyclic) bond motifs is 1. The summed E-state index contributed by atoms with van der Waals surface area (Å²) in [5, 5.41) is 12.3. The Kier molecular flexibility index (Phi) is 6.02. The molecule has 0 aliphatic carbocycles. The van der Waals surface area contributed by atoms with Gasteiger partial charge in [0, 0.05) is 37.0 Å². The maximum Gasteiger partial charge on any atom is 0.268 e. The monoisotopic (exact) mass is 397 g/mol. The van der Waals surface area contributed by atoms with E-state index in [0.717, 1.165) is 17.9 Å². The van der Waals surface area contributed by atoms with Gasteiger partial charge in [0.15, 0.2) is 0 Å². The maximum atomic E-state index is 13.5. The van der Waals surface area contributed by atoms with Crippen LogP contribution in [-0.4, -0.2) is 50.9 Å². The molecule has 1 aliphatic heterocycles. The van der Waals surface area contributed by atoms with Gasteiger partial charge in [-0.15, -0.1) is 0 Å². The van der Waals surface area contributed by atoms with Crippen LogP contribution in [-0.2, 0) is 4.79 Å². The van der Waals surface area contributed by atoms with Gasteiger partial charge in [-0.3, -0.25) is 15.1 Å². The number of carbonyl (C=O) groups excluding carboxylic acids is 1. The van der Waals surface area contributed by atoms with E-state index in [-0.39, 0.29) is 17.3 Å². The second kappa shape index (κ2) is 8.46. The third kappa shape index (κ3) is 4.03. The summed E-state index contributed by atoms with van der Waals surface area (Å²) in [6.07, 6.45) is 1.63. The minimum absolute atomic E-state index is 0.129. The van der Waals surface area contributed by atoms with Crippen LogP contribution in [0.15, 0.2) is 60.3 Å². The van der Waals surface area contributed by atoms with Crippen molar-refractivity contribution in [2.45, 2.75) is 0 Å². The Morgan fingerprint density at radius 2 is 1.86 bits per heavy atom. The topological polar surface area (TPSA) is 62.7 Å². The van der Waals surface area contributed by atoms with E-state index >= 15 is 0 Å². The molecule has 7 heteroatoms. The number of hydrogen-bond donors (Lipinski definition) is 2. The Morgan fingerprint density at radius 1 is 1.14 bits per heavy atom. The lowest BCUT2D eigenvalue weighted by atomic mass is 10.2. The van der Waals surface area contributed by atoms with Crippen molar-refractivity contribution in [2.24, 2.45) is 0 Å². The largest absolute Gasteiger partial charge is 0.389 e. The minimum atomic E-state index is -0.276. The highest BCUT2D eigenvalue weighted by Gasteiger charge is 2.33. The molecule has 0 radical (unpaired) electrons. The maximum absolute atomic E-state index is 13.5. The smallest absolute Gasteiger partial charge is 0.268 e. The highest BCUT2D eigenvalue weighted by atomic mass is 35.5. The first-order valence-electron chi connectivity index (χ1n) is 9.00. The predicted octanol–water partition coefficient (Wildman–Crippen LogP) is 3.47. The predicted molar refractivity (Wildman–Crippen MR) is 116 cm³/mol. The molecule has 1 amide bonds. The van der Waals surface area contributed by atoms with Gasteiger partial charge in [-0.05, 0) is 44.4 Å². The molecule has 0 aromatic heterocycles. The highest BCUT2D eigenvalue weighted by Crippen LogP contribution is 2.40. The van der Waals surface area contributed by atoms with E-state index in [1.54, 1.807) is 35.2 Å². The molecule has 6 nitrogen and oxygen atoms in total. The standard InChI is InChI=1S/C21H24ClN5O/c1-25(2)12-11-24-14-17-20(23)26(3)18-10-9-15(22)13-19(18)27(21(17)28)16-7-5-4-6-8-16/h4-10,13-14,23-24H,11-12H2,1-3H3/b17-14+,23-20?. The Labute approximate surface area is 170 Å². The van der Waals surface area contributed by atoms with Gasteiger partial charge in [-0.25, -0.2) is 0 Å². The van der Waals surface area contributed by atoms with Crippen molar-refractivity contribution in [2.75, 3.05) is 44.0 Å². The lowest BCUT2D eigenvalue weighted by Crippen LogP contribution is -2.33. The van der Waals surface area contributed by atoms with Crippen LogP contribution in [0.3, 0.4) is 0 Å². The summed E-state index contributed by atoms with van der Waals surface area (Å²) in [6.45, 7) is 1.49. The molecule has 0 saturated carbocycles. The van der Waals surface area contributed by atoms with Gasteiger partial charge >= 0.3 is 0 Å². The lowest BCUT2D eigenvalue weighted by molar-refractivity contribution is -0.114. The zero-order valence-corrected chi connectivity index (χ0v) is 17.0. The third-order valence-corrected chi connectivity index (χ3v) is 4.76. The highest BCUT2D eigenvalue weighted by molar-refractivity contribution is 6.34. The molecule has 0 saturated heterocycles. The van der Waals surface area contributed by atoms with Crippen LogP contribution in [0.5, 0.6) is 0 Å². The summed E-state index contributed by atoms with van der Waals surface area (Å²) in [4.78, 5) is 18.9. The van der Waals surface area contributed by atoms with Crippen LogP contribution in [0.25, 0.3) is 0 Å². The number of nitrogens with one attached hydrogen (secondary N) is 2. The van der Waals surface area contributed by atoms with E-state index in [0.29, 0.717) is 17.3 Å². The van der Waals surface area contributed by atoms with Crippen molar-refractivity contribution >= 4 is 40.4 Å². The molecule has 2 aromatic carbocycles. The van der Waals surface area contributed by atoms with Crippen molar-refractivity contribution in [1.29, 1.82) is 5.41 Å². The van der Waals surface area contributed by atoms with Crippen LogP contribution in [0.1, 0.15) is 0 Å². The lowest BCUT2D eigenvalue weighted by Gasteiger charge is -2.24. The quantitative estimate of drug-likeness (QED) is 0.599. The Balaban J connectivity index is 2.09. The molecule has 0 bridgehead atoms. The number of carbonyl (C=O) groups is 1. The summed E-state index contributed by atoms with van der Waals surface area (Å²) in [5.74, 6) is -0.147. The van der Waals surface area contributed by atoms with E-state index in [4.69, 9.17) is 17.0 Å². The Bertz CT molecular complexity index is 910. The summed E-state index contributed by atoms with van der Waals surface area (Å²) < 4.78 is 0. The molecule has 3 rings (SSSR count). The van der Waals surface area contributed by atoms with Crippen molar-refractivity contribution in [1.82, 2.24) is 10.2 Å². The summed E-state index contributed by atoms with van der Waals surface area (Å²) in [6, 6.07) is 14.8. The number of amidine groups is 1. The number of amides is 1. The SMILES string of the molecule is CN(C)CCN/C=C1\C(=N)N(C)c2ccc(Cl)cc2N(c2ccccc2)C1=O. The molecule has 1 heterocycles. The third-order valence-electron chi connectivity index (χ3n) is 4.53. The summed E-state index contributed by atoms with van der Waals surface area (Å²) in [7, 11) is 5.75. The van der Waals surface area contributed by atoms with E-state index in [9.17, 15) is 4.79 Å². The van der Waals surface area contributed by atoms with Crippen LogP contribution >= 0.6 is 11.6 Å². The molecular formula is C21H24ClN5O. The van der Waals surface area contributed by atoms with Gasteiger partial charge in [0.1, 0.15) is 5.84 Å². The molecule has 0 spiro atoms. The van der Waals surface area contributed by atoms with Crippen molar-refractivity contribution in [3.05, 3.63) is 65.3 Å². The second-order valence-electron chi connectivity index (χ2n) is 6.83. The van der Waals surface area contributed by atoms with Crippen molar-refractivity contribution < 1.29 is 4.79 Å². The average molecular weight is 398 g/mol. The zero-order valence-electron chi connectivity index (χ0n) is 16.2. The molecule has 28 heavy (non-hydrogen) atoms. The fourth-order valence-electron chi connectivity index (χ4n) is 3.02. The molecule has 0 atom stereocenters. The van der Waals surface area contributed by atoms with E-state index in [2.05, 4.69) is 5.32 Å². The number of likely N-dealkylation sites (N-methyl/N-ethyl adjacent to an activating group) is 2. The number of benzene rings is 2. The van der Waals surface area contributed by atoms with Gasteiger partial charge < -0.3 is 15.1 Å². The average Bonchev–Trinajstić information content (AvgIpc) is 2.74. The van der Waals surface area contributed by atoms with E-state index in [1.165, 1.54) is 0 Å². The van der Waals surface area contributed by atoms with E-state index in [1.807, 2.05) is 55.4 Å². The first kappa shape index (κ1) is 19.9. The van der Waals surface area contributed by atoms with Crippen LogP contribution in [0.2, 0.25) is 5.02 Å². The number of rotatable bonds is 5. The van der Waals surface area contributed by atoms with Crippen LogP contribution in [0.4, 0.5) is 17.1 Å². The summed E-state index contributed by atoms with van der Waals surface area (Å²) >= 11 is 6.24. The van der Waals surface area contributed by atoms with E-state index < -0.39 is 0 Å². The van der Waals surface area contributed by atoms with Crippen molar-refractivity contribution in [3.63, 3.8) is 0 Å². The first-order chi connectivity index (χ1) is 13.4.